The summed E-state index contributed by atoms with van der Waals surface area (Å²) in [5.41, 5.74) is 2.79. The molecule has 2 saturated heterocycles. The average molecular weight is 466 g/mol. The second kappa shape index (κ2) is 9.07. The summed E-state index contributed by atoms with van der Waals surface area (Å²) in [5, 5.41) is 1.85. The highest BCUT2D eigenvalue weighted by Gasteiger charge is 2.38. The van der Waals surface area contributed by atoms with Crippen LogP contribution >= 0.6 is 11.3 Å². The maximum atomic E-state index is 13.1. The van der Waals surface area contributed by atoms with E-state index in [9.17, 15) is 14.4 Å². The predicted octanol–water partition coefficient (Wildman–Crippen LogP) is 2.02. The van der Waals surface area contributed by atoms with Gasteiger partial charge in [-0.15, -0.1) is 11.3 Å². The molecule has 172 valence electrons. The number of aryl methyl sites for hydroxylation is 1. The van der Waals surface area contributed by atoms with Crippen LogP contribution in [0.2, 0.25) is 0 Å². The lowest BCUT2D eigenvalue weighted by molar-refractivity contribution is -0.137. The van der Waals surface area contributed by atoms with E-state index in [0.717, 1.165) is 30.9 Å². The highest BCUT2D eigenvalue weighted by atomic mass is 32.1. The van der Waals surface area contributed by atoms with Crippen molar-refractivity contribution in [1.82, 2.24) is 19.2 Å². The van der Waals surface area contributed by atoms with Crippen molar-refractivity contribution in [3.05, 3.63) is 63.5 Å². The Labute approximate surface area is 196 Å². The van der Waals surface area contributed by atoms with Crippen molar-refractivity contribution < 1.29 is 9.59 Å². The summed E-state index contributed by atoms with van der Waals surface area (Å²) in [6.07, 6.45) is 2.96. The molecule has 1 atom stereocenters. The number of hydrogen-bond acceptors (Lipinski definition) is 6. The molecule has 0 radical (unpaired) electrons. The predicted molar refractivity (Wildman–Crippen MR) is 127 cm³/mol. The fraction of sp³-hybridized carbons (Fsp3) is 0.417. The molecule has 2 aromatic heterocycles. The van der Waals surface area contributed by atoms with Crippen LogP contribution in [0.3, 0.4) is 0 Å². The SMILES string of the molecule is CCc1ccc(N2CC(C(=O)N3CCN(Cc4cc(=O)n5ccsc5n4)CC3)CC2=O)cc1. The van der Waals surface area contributed by atoms with Crippen LogP contribution in [0, 0.1) is 5.92 Å². The summed E-state index contributed by atoms with van der Waals surface area (Å²) in [4.78, 5) is 49.0. The minimum absolute atomic E-state index is 0.0116. The number of anilines is 1. The minimum Gasteiger partial charge on any atom is -0.340 e. The van der Waals surface area contributed by atoms with Gasteiger partial charge in [-0.3, -0.25) is 23.7 Å². The first-order valence-corrected chi connectivity index (χ1v) is 12.3. The third-order valence-corrected chi connectivity index (χ3v) is 7.31. The van der Waals surface area contributed by atoms with Crippen LogP contribution in [0.4, 0.5) is 5.69 Å². The molecule has 2 aliphatic heterocycles. The zero-order valence-corrected chi connectivity index (χ0v) is 19.5. The fourth-order valence-corrected chi connectivity index (χ4v) is 5.36. The van der Waals surface area contributed by atoms with Crippen LogP contribution in [0.1, 0.15) is 24.6 Å². The first-order valence-electron chi connectivity index (χ1n) is 11.4. The van der Waals surface area contributed by atoms with Crippen LogP contribution in [0.5, 0.6) is 0 Å². The maximum absolute atomic E-state index is 13.1. The van der Waals surface area contributed by atoms with E-state index < -0.39 is 0 Å². The van der Waals surface area contributed by atoms with Crippen molar-refractivity contribution in [3.8, 4) is 0 Å². The molecule has 8 nitrogen and oxygen atoms in total. The third-order valence-electron chi connectivity index (χ3n) is 6.56. The van der Waals surface area contributed by atoms with E-state index in [1.807, 2.05) is 34.5 Å². The molecule has 0 spiro atoms. The molecule has 1 aromatic carbocycles. The number of piperazine rings is 1. The Balaban J connectivity index is 1.17. The van der Waals surface area contributed by atoms with Crippen molar-refractivity contribution in [1.29, 1.82) is 0 Å². The Morgan fingerprint density at radius 1 is 1.12 bits per heavy atom. The molecule has 3 aromatic rings. The van der Waals surface area contributed by atoms with Gasteiger partial charge in [-0.05, 0) is 24.1 Å². The van der Waals surface area contributed by atoms with E-state index in [-0.39, 0.29) is 29.7 Å². The summed E-state index contributed by atoms with van der Waals surface area (Å²) in [6.45, 7) is 5.82. The number of fused-ring (bicyclic) bond motifs is 1. The van der Waals surface area contributed by atoms with Crippen molar-refractivity contribution >= 4 is 33.8 Å². The molecule has 0 saturated carbocycles. The molecule has 0 N–H and O–H groups in total. The first kappa shape index (κ1) is 21.8. The summed E-state index contributed by atoms with van der Waals surface area (Å²) in [6, 6.07) is 9.60. The summed E-state index contributed by atoms with van der Waals surface area (Å²) < 4.78 is 1.55. The number of aromatic nitrogens is 2. The average Bonchev–Trinajstić information content (AvgIpc) is 3.46. The third kappa shape index (κ3) is 4.43. The van der Waals surface area contributed by atoms with Crippen LogP contribution in [-0.2, 0) is 22.6 Å². The van der Waals surface area contributed by atoms with Crippen LogP contribution in [0.25, 0.3) is 4.96 Å². The van der Waals surface area contributed by atoms with Crippen LogP contribution < -0.4 is 10.5 Å². The van der Waals surface area contributed by atoms with E-state index in [4.69, 9.17) is 0 Å². The maximum Gasteiger partial charge on any atom is 0.258 e. The highest BCUT2D eigenvalue weighted by molar-refractivity contribution is 7.15. The molecule has 1 unspecified atom stereocenters. The van der Waals surface area contributed by atoms with Crippen LogP contribution in [-0.4, -0.2) is 63.7 Å². The molecule has 0 aliphatic carbocycles. The van der Waals surface area contributed by atoms with Gasteiger partial charge in [0.2, 0.25) is 11.8 Å². The van der Waals surface area contributed by atoms with Gasteiger partial charge in [-0.1, -0.05) is 19.1 Å². The van der Waals surface area contributed by atoms with E-state index >= 15 is 0 Å². The summed E-state index contributed by atoms with van der Waals surface area (Å²) in [5.74, 6) is -0.220. The fourth-order valence-electron chi connectivity index (χ4n) is 4.62. The van der Waals surface area contributed by atoms with Crippen molar-refractivity contribution in [2.75, 3.05) is 37.6 Å². The molecule has 9 heteroatoms. The number of carbonyl (C=O) groups excluding carboxylic acids is 2. The minimum atomic E-state index is -0.294. The Bertz CT molecular complexity index is 1230. The van der Waals surface area contributed by atoms with E-state index in [1.54, 1.807) is 21.6 Å². The molecule has 0 bridgehead atoms. The number of amides is 2. The number of hydrogen-bond donors (Lipinski definition) is 0. The largest absolute Gasteiger partial charge is 0.340 e. The number of carbonyl (C=O) groups is 2. The molecule has 4 heterocycles. The number of benzene rings is 1. The molecule has 2 aliphatic rings. The van der Waals surface area contributed by atoms with Gasteiger partial charge in [-0.25, -0.2) is 4.98 Å². The van der Waals surface area contributed by atoms with E-state index in [0.29, 0.717) is 31.1 Å². The Hall–Kier alpha value is -3.04. The van der Waals surface area contributed by atoms with Gasteiger partial charge in [0.1, 0.15) is 0 Å². The zero-order chi connectivity index (χ0) is 22.9. The van der Waals surface area contributed by atoms with Gasteiger partial charge in [0.05, 0.1) is 11.6 Å². The standard InChI is InChI=1S/C24H27N5O3S/c1-2-17-3-5-20(6-4-17)29-15-18(13-21(29)30)23(32)27-9-7-26(8-10-27)16-19-14-22(31)28-11-12-33-24(28)25-19/h3-6,11-12,14,18H,2,7-10,13,15-16H2,1H3. The van der Waals surface area contributed by atoms with E-state index in [2.05, 4.69) is 16.8 Å². The molecule has 2 fully saturated rings. The number of nitrogens with zero attached hydrogens (tertiary/aromatic N) is 5. The van der Waals surface area contributed by atoms with Gasteiger partial charge in [0, 0.05) is 69.0 Å². The summed E-state index contributed by atoms with van der Waals surface area (Å²) in [7, 11) is 0. The lowest BCUT2D eigenvalue weighted by Gasteiger charge is -2.35. The van der Waals surface area contributed by atoms with Crippen molar-refractivity contribution in [2.45, 2.75) is 26.3 Å². The molecular formula is C24H27N5O3S. The van der Waals surface area contributed by atoms with Crippen molar-refractivity contribution in [3.63, 3.8) is 0 Å². The lowest BCUT2D eigenvalue weighted by Crippen LogP contribution is -2.50. The van der Waals surface area contributed by atoms with Gasteiger partial charge in [0.25, 0.3) is 5.56 Å². The highest BCUT2D eigenvalue weighted by Crippen LogP contribution is 2.27. The number of thiazole rings is 1. The zero-order valence-electron chi connectivity index (χ0n) is 18.6. The van der Waals surface area contributed by atoms with Gasteiger partial charge in [0.15, 0.2) is 4.96 Å². The van der Waals surface area contributed by atoms with Crippen molar-refractivity contribution in [2.24, 2.45) is 5.92 Å². The van der Waals surface area contributed by atoms with Crippen LogP contribution in [0.15, 0.2) is 46.7 Å². The monoisotopic (exact) mass is 465 g/mol. The molecule has 2 amide bonds. The normalized spacial score (nSPS) is 19.5. The quantitative estimate of drug-likeness (QED) is 0.576. The second-order valence-corrected chi connectivity index (χ2v) is 9.54. The Kier molecular flexibility index (Phi) is 5.99. The first-order chi connectivity index (χ1) is 16.0. The van der Waals surface area contributed by atoms with Gasteiger partial charge >= 0.3 is 0 Å². The van der Waals surface area contributed by atoms with E-state index in [1.165, 1.54) is 16.9 Å². The summed E-state index contributed by atoms with van der Waals surface area (Å²) >= 11 is 1.45. The molecular weight excluding hydrogens is 438 g/mol. The molecule has 33 heavy (non-hydrogen) atoms. The smallest absolute Gasteiger partial charge is 0.258 e. The topological polar surface area (TPSA) is 78.2 Å². The van der Waals surface area contributed by atoms with Gasteiger partial charge < -0.3 is 9.80 Å². The number of rotatable bonds is 5. The second-order valence-electron chi connectivity index (χ2n) is 8.67. The Morgan fingerprint density at radius 3 is 2.61 bits per heavy atom. The lowest BCUT2D eigenvalue weighted by atomic mass is 10.1. The molecule has 5 rings (SSSR count). The van der Waals surface area contributed by atoms with Gasteiger partial charge in [-0.2, -0.15) is 0 Å². The Morgan fingerprint density at radius 2 is 1.88 bits per heavy atom.